The van der Waals surface area contributed by atoms with Crippen LogP contribution >= 0.6 is 17.0 Å². The van der Waals surface area contributed by atoms with Gasteiger partial charge in [-0.2, -0.15) is 12.1 Å². The monoisotopic (exact) mass is 557 g/mol. The molecule has 34 heavy (non-hydrogen) atoms. The van der Waals surface area contributed by atoms with E-state index >= 15 is 0 Å². The van der Waals surface area contributed by atoms with E-state index in [0.29, 0.717) is 5.92 Å². The van der Waals surface area contributed by atoms with Crippen LogP contribution in [0.5, 0.6) is 0 Å². The molecule has 3 heteroatoms. The largest absolute Gasteiger partial charge is 0.213 e. The molecule has 0 bridgehead atoms. The van der Waals surface area contributed by atoms with Gasteiger partial charge in [-0.1, -0.05) is 109 Å². The first-order valence-electron chi connectivity index (χ1n) is 11.3. The number of rotatable bonds is 3. The maximum Gasteiger partial charge on any atom is -0.00135 e. The molecular formula is C31H25Cl2Zr-. The van der Waals surface area contributed by atoms with E-state index in [1.165, 1.54) is 38.9 Å². The fraction of sp³-hybridized carbons (Fsp3) is 0.0645. The van der Waals surface area contributed by atoms with Crippen molar-refractivity contribution >= 4 is 17.0 Å². The van der Waals surface area contributed by atoms with Crippen LogP contribution in [0.1, 0.15) is 33.7 Å². The molecule has 1 aliphatic rings. The van der Waals surface area contributed by atoms with Gasteiger partial charge < -0.3 is 0 Å². The van der Waals surface area contributed by atoms with Crippen LogP contribution in [0.25, 0.3) is 11.1 Å². The molecule has 0 saturated carbocycles. The Balaban J connectivity index is 0.000000150. The maximum absolute atomic E-state index is 4.93. The molecule has 0 atom stereocenters. The van der Waals surface area contributed by atoms with E-state index in [1.54, 1.807) is 0 Å². The van der Waals surface area contributed by atoms with Crippen LogP contribution < -0.4 is 0 Å². The topological polar surface area (TPSA) is 0 Å². The Morgan fingerprint density at radius 1 is 0.529 bits per heavy atom. The van der Waals surface area contributed by atoms with Crippen molar-refractivity contribution in [2.24, 2.45) is 0 Å². The van der Waals surface area contributed by atoms with Gasteiger partial charge in [0.25, 0.3) is 0 Å². The molecule has 0 unspecified atom stereocenters. The second kappa shape index (κ2) is 13.0. The van der Waals surface area contributed by atoms with Crippen molar-refractivity contribution in [2.45, 2.75) is 12.3 Å². The van der Waals surface area contributed by atoms with Gasteiger partial charge >= 0.3 is 37.9 Å². The average molecular weight is 560 g/mol. The first kappa shape index (κ1) is 24.8. The third kappa shape index (κ3) is 6.22. The molecule has 0 saturated heterocycles. The Morgan fingerprint density at radius 3 is 1.35 bits per heavy atom. The average Bonchev–Trinajstić information content (AvgIpc) is 3.55. The molecule has 0 spiro atoms. The van der Waals surface area contributed by atoms with Crippen molar-refractivity contribution in [1.29, 1.82) is 0 Å². The van der Waals surface area contributed by atoms with Crippen molar-refractivity contribution < 1.29 is 20.8 Å². The number of hydrogen-bond donors (Lipinski definition) is 0. The zero-order valence-electron chi connectivity index (χ0n) is 18.7. The van der Waals surface area contributed by atoms with Crippen molar-refractivity contribution in [2.75, 3.05) is 0 Å². The van der Waals surface area contributed by atoms with Crippen LogP contribution in [0.3, 0.4) is 0 Å². The zero-order valence-corrected chi connectivity index (χ0v) is 22.7. The second-order valence-electron chi connectivity index (χ2n) is 8.04. The van der Waals surface area contributed by atoms with Crippen LogP contribution in [0.4, 0.5) is 0 Å². The molecular weight excluding hydrogens is 534 g/mol. The Kier molecular flexibility index (Phi) is 9.46. The summed E-state index contributed by atoms with van der Waals surface area (Å²) in [5, 5.41) is 0. The van der Waals surface area contributed by atoms with Crippen LogP contribution in [-0.4, -0.2) is 0 Å². The Hall–Kier alpha value is -2.31. The van der Waals surface area contributed by atoms with E-state index < -0.39 is 20.8 Å². The molecule has 0 radical (unpaired) electrons. The summed E-state index contributed by atoms with van der Waals surface area (Å²) in [6.45, 7) is 0. The Labute approximate surface area is 221 Å². The summed E-state index contributed by atoms with van der Waals surface area (Å²) in [6.07, 6.45) is 1.10. The summed E-state index contributed by atoms with van der Waals surface area (Å²) < 4.78 is 0. The normalized spacial score (nSPS) is 10.8. The first-order chi connectivity index (χ1) is 16.8. The Bertz CT molecular complexity index is 1180. The standard InChI is InChI=1S/C18H15.C13H10.2ClH.Zr/c1-3-9-15(10-4-1)18(17-13-7-8-14-17)16-11-5-2-6-12-16;1-3-7-12-10(5-1)9-11-6-2-4-8-13(11)12;;;/h1-14,18H;1-8H,9H2;2*1H;/q-1;;;;+2/p-2. The van der Waals surface area contributed by atoms with Crippen LogP contribution in [0.15, 0.2) is 133 Å². The van der Waals surface area contributed by atoms with Gasteiger partial charge in [0, 0.05) is 0 Å². The van der Waals surface area contributed by atoms with Gasteiger partial charge in [-0.05, 0) is 45.7 Å². The second-order valence-corrected chi connectivity index (χ2v) is 11.8. The number of halogens is 2. The van der Waals surface area contributed by atoms with Crippen molar-refractivity contribution in [3.63, 3.8) is 0 Å². The van der Waals surface area contributed by atoms with Gasteiger partial charge in [0.15, 0.2) is 0 Å². The number of hydrogen-bond acceptors (Lipinski definition) is 0. The number of fused-ring (bicyclic) bond motifs is 3. The minimum absolute atomic E-state index is 0.336. The molecule has 5 aromatic carbocycles. The summed E-state index contributed by atoms with van der Waals surface area (Å²) in [4.78, 5) is 0. The van der Waals surface area contributed by atoms with Crippen molar-refractivity contribution in [3.05, 3.63) is 161 Å². The van der Waals surface area contributed by atoms with Gasteiger partial charge in [0.05, 0.1) is 0 Å². The van der Waals surface area contributed by atoms with Crippen LogP contribution in [0, 0.1) is 0 Å². The molecule has 0 N–H and O–H groups in total. The smallest absolute Gasteiger partial charge is 0.00135 e. The van der Waals surface area contributed by atoms with E-state index in [4.69, 9.17) is 17.0 Å². The van der Waals surface area contributed by atoms with E-state index in [1.807, 2.05) is 0 Å². The Morgan fingerprint density at radius 2 is 0.912 bits per heavy atom. The minimum atomic E-state index is -0.826. The van der Waals surface area contributed by atoms with E-state index in [0.717, 1.165) is 6.42 Å². The third-order valence-electron chi connectivity index (χ3n) is 5.99. The zero-order chi connectivity index (χ0) is 23.6. The molecule has 6 rings (SSSR count). The molecule has 0 aromatic heterocycles. The minimum Gasteiger partial charge on any atom is -0.213 e. The molecule has 0 heterocycles. The van der Waals surface area contributed by atoms with Crippen molar-refractivity contribution in [3.8, 4) is 11.1 Å². The van der Waals surface area contributed by atoms with E-state index in [9.17, 15) is 0 Å². The van der Waals surface area contributed by atoms with Gasteiger partial charge in [0.1, 0.15) is 0 Å². The fourth-order valence-corrected chi connectivity index (χ4v) is 4.53. The van der Waals surface area contributed by atoms with Gasteiger partial charge in [-0.15, -0.1) is 5.56 Å². The van der Waals surface area contributed by atoms with E-state index in [-0.39, 0.29) is 0 Å². The van der Waals surface area contributed by atoms with E-state index in [2.05, 4.69) is 133 Å². The first-order valence-corrected chi connectivity index (χ1v) is 17.6. The summed E-state index contributed by atoms with van der Waals surface area (Å²) in [5.41, 5.74) is 9.79. The SMILES string of the molecule is [Cl][Zr][Cl].c1ccc(C(c2ccccc2)[c-]2cccc2)cc1.c1ccc2c(c1)Cc1ccccc1-2. The molecule has 5 aromatic rings. The predicted octanol–water partition coefficient (Wildman–Crippen LogP) is 9.22. The molecule has 1 aliphatic carbocycles. The quantitative estimate of drug-likeness (QED) is 0.190. The maximum atomic E-state index is 4.93. The number of benzene rings is 4. The van der Waals surface area contributed by atoms with Gasteiger partial charge in [-0.3, -0.25) is 0 Å². The van der Waals surface area contributed by atoms with Gasteiger partial charge in [-0.25, -0.2) is 12.1 Å². The molecule has 0 nitrogen and oxygen atoms in total. The van der Waals surface area contributed by atoms with Crippen LogP contribution in [0.2, 0.25) is 0 Å². The molecule has 168 valence electrons. The summed E-state index contributed by atoms with van der Waals surface area (Å²) >= 11 is -0.826. The molecule has 0 aliphatic heterocycles. The van der Waals surface area contributed by atoms with Crippen LogP contribution in [-0.2, 0) is 27.3 Å². The molecule has 0 fully saturated rings. The van der Waals surface area contributed by atoms with Gasteiger partial charge in [0.2, 0.25) is 0 Å². The predicted molar refractivity (Wildman–Crippen MR) is 142 cm³/mol. The summed E-state index contributed by atoms with van der Waals surface area (Å²) in [7, 11) is 9.87. The summed E-state index contributed by atoms with van der Waals surface area (Å²) in [5.74, 6) is 0.336. The fourth-order valence-electron chi connectivity index (χ4n) is 4.53. The van der Waals surface area contributed by atoms with Crippen molar-refractivity contribution in [1.82, 2.24) is 0 Å². The third-order valence-corrected chi connectivity index (χ3v) is 5.99. The summed E-state index contributed by atoms with van der Waals surface area (Å²) in [6, 6.07) is 47.3. The molecule has 0 amide bonds.